The molecule has 0 aliphatic heterocycles. The monoisotopic (exact) mass is 468 g/mol. The third-order valence-corrected chi connectivity index (χ3v) is 5.57. The van der Waals surface area contributed by atoms with Gasteiger partial charge in [0.25, 0.3) is 0 Å². The summed E-state index contributed by atoms with van der Waals surface area (Å²) < 4.78 is 7.65. The van der Waals surface area contributed by atoms with Crippen LogP contribution in [-0.4, -0.2) is 32.6 Å². The van der Waals surface area contributed by atoms with E-state index in [4.69, 9.17) is 27.6 Å². The van der Waals surface area contributed by atoms with E-state index in [1.165, 1.54) is 5.56 Å². The van der Waals surface area contributed by atoms with Crippen molar-refractivity contribution in [3.63, 3.8) is 0 Å². The van der Waals surface area contributed by atoms with Crippen molar-refractivity contribution in [2.24, 2.45) is 0 Å². The highest BCUT2D eigenvalue weighted by Crippen LogP contribution is 2.30. The van der Waals surface area contributed by atoms with E-state index in [-0.39, 0.29) is 5.91 Å². The third-order valence-electron chi connectivity index (χ3n) is 5.02. The topological polar surface area (TPSA) is 64.2 Å². The normalized spacial score (nSPS) is 11.0. The molecule has 0 bridgehead atoms. The molecule has 2 aromatic heterocycles. The first kappa shape index (κ1) is 22.1. The average molecular weight is 469 g/mol. The van der Waals surface area contributed by atoms with Gasteiger partial charge >= 0.3 is 0 Å². The standard InChI is InChI=1S/C24H22Cl2N4O2/c1-29(14-18-12-28-30(16-18)15-17-5-3-2-4-6-17)24(31)10-9-23-27-13-22(32-23)20-8-7-19(25)11-21(20)26/h2-8,11-13,16H,9-10,14-15H2,1H3. The van der Waals surface area contributed by atoms with Crippen molar-refractivity contribution in [2.75, 3.05) is 7.05 Å². The summed E-state index contributed by atoms with van der Waals surface area (Å²) in [5.41, 5.74) is 2.87. The number of rotatable bonds is 8. The lowest BCUT2D eigenvalue weighted by Gasteiger charge is -2.15. The van der Waals surface area contributed by atoms with E-state index in [2.05, 4.69) is 22.2 Å². The number of halogens is 2. The molecule has 0 saturated heterocycles. The second-order valence-electron chi connectivity index (χ2n) is 7.52. The minimum absolute atomic E-state index is 0.00471. The maximum Gasteiger partial charge on any atom is 0.223 e. The van der Waals surface area contributed by atoms with E-state index in [0.29, 0.717) is 53.2 Å². The van der Waals surface area contributed by atoms with Gasteiger partial charge in [0.1, 0.15) is 0 Å². The van der Waals surface area contributed by atoms with Gasteiger partial charge in [0.05, 0.1) is 24.0 Å². The molecule has 0 spiro atoms. The zero-order valence-corrected chi connectivity index (χ0v) is 19.1. The van der Waals surface area contributed by atoms with Gasteiger partial charge in [0.2, 0.25) is 5.91 Å². The molecule has 0 N–H and O–H groups in total. The Kier molecular flexibility index (Phi) is 6.93. The molecule has 6 nitrogen and oxygen atoms in total. The molecule has 0 unspecified atom stereocenters. The number of carbonyl (C=O) groups is 1. The maximum atomic E-state index is 12.6. The van der Waals surface area contributed by atoms with Crippen molar-refractivity contribution in [3.8, 4) is 11.3 Å². The van der Waals surface area contributed by atoms with Gasteiger partial charge in [0.15, 0.2) is 11.7 Å². The Bertz CT molecular complexity index is 1200. The molecule has 1 amide bonds. The smallest absolute Gasteiger partial charge is 0.223 e. The molecule has 8 heteroatoms. The third kappa shape index (κ3) is 5.58. The zero-order valence-electron chi connectivity index (χ0n) is 17.5. The molecule has 164 valence electrons. The lowest BCUT2D eigenvalue weighted by molar-refractivity contribution is -0.130. The Morgan fingerprint density at radius 1 is 1.09 bits per heavy atom. The van der Waals surface area contributed by atoms with Crippen LogP contribution in [0, 0.1) is 0 Å². The second kappa shape index (κ2) is 10.0. The van der Waals surface area contributed by atoms with Crippen molar-refractivity contribution in [1.82, 2.24) is 19.7 Å². The van der Waals surface area contributed by atoms with Crippen LogP contribution in [0.15, 0.2) is 71.5 Å². The molecule has 2 heterocycles. The Morgan fingerprint density at radius 2 is 1.91 bits per heavy atom. The number of aryl methyl sites for hydroxylation is 1. The van der Waals surface area contributed by atoms with Crippen molar-refractivity contribution in [2.45, 2.75) is 25.9 Å². The Balaban J connectivity index is 1.29. The van der Waals surface area contributed by atoms with E-state index in [9.17, 15) is 4.79 Å². The van der Waals surface area contributed by atoms with E-state index in [0.717, 1.165) is 5.56 Å². The van der Waals surface area contributed by atoms with Gasteiger partial charge in [-0.2, -0.15) is 5.10 Å². The van der Waals surface area contributed by atoms with Gasteiger partial charge in [-0.1, -0.05) is 53.5 Å². The van der Waals surface area contributed by atoms with Crippen LogP contribution in [0.25, 0.3) is 11.3 Å². The van der Waals surface area contributed by atoms with Gasteiger partial charge < -0.3 is 9.32 Å². The van der Waals surface area contributed by atoms with Crippen LogP contribution in [0.5, 0.6) is 0 Å². The molecule has 2 aromatic carbocycles. The Morgan fingerprint density at radius 3 is 2.69 bits per heavy atom. The highest BCUT2D eigenvalue weighted by molar-refractivity contribution is 6.36. The molecule has 0 radical (unpaired) electrons. The molecule has 4 aromatic rings. The summed E-state index contributed by atoms with van der Waals surface area (Å²) in [4.78, 5) is 18.5. The number of oxazole rings is 1. The number of aromatic nitrogens is 3. The Labute approximate surface area is 196 Å². The van der Waals surface area contributed by atoms with Crippen molar-refractivity contribution in [3.05, 3.63) is 94.2 Å². The van der Waals surface area contributed by atoms with Gasteiger partial charge in [-0.15, -0.1) is 0 Å². The van der Waals surface area contributed by atoms with Crippen LogP contribution in [0.2, 0.25) is 10.0 Å². The second-order valence-corrected chi connectivity index (χ2v) is 8.37. The summed E-state index contributed by atoms with van der Waals surface area (Å²) >= 11 is 12.2. The van der Waals surface area contributed by atoms with Gasteiger partial charge in [0, 0.05) is 48.8 Å². The fourth-order valence-corrected chi connectivity index (χ4v) is 3.85. The van der Waals surface area contributed by atoms with Gasteiger partial charge in [-0.25, -0.2) is 4.98 Å². The number of carbonyl (C=O) groups excluding carboxylic acids is 1. The molecule has 0 aliphatic carbocycles. The summed E-state index contributed by atoms with van der Waals surface area (Å²) in [5.74, 6) is 1.04. The van der Waals surface area contributed by atoms with E-state index in [1.807, 2.05) is 29.1 Å². The van der Waals surface area contributed by atoms with Crippen LogP contribution < -0.4 is 0 Å². The van der Waals surface area contributed by atoms with E-state index >= 15 is 0 Å². The number of nitrogens with zero attached hydrogens (tertiary/aromatic N) is 4. The van der Waals surface area contributed by atoms with Crippen LogP contribution in [0.3, 0.4) is 0 Å². The molecule has 0 atom stereocenters. The molecular weight excluding hydrogens is 447 g/mol. The molecule has 32 heavy (non-hydrogen) atoms. The first-order valence-electron chi connectivity index (χ1n) is 10.2. The lowest BCUT2D eigenvalue weighted by atomic mass is 10.2. The fourth-order valence-electron chi connectivity index (χ4n) is 3.35. The van der Waals surface area contributed by atoms with Crippen LogP contribution in [-0.2, 0) is 24.3 Å². The highest BCUT2D eigenvalue weighted by atomic mass is 35.5. The number of benzene rings is 2. The summed E-state index contributed by atoms with van der Waals surface area (Å²) in [6.07, 6.45) is 6.07. The zero-order chi connectivity index (χ0) is 22.5. The minimum Gasteiger partial charge on any atom is -0.441 e. The van der Waals surface area contributed by atoms with Crippen molar-refractivity contribution >= 4 is 29.1 Å². The summed E-state index contributed by atoms with van der Waals surface area (Å²) in [6.45, 7) is 1.19. The fraction of sp³-hybridized carbons (Fsp3) is 0.208. The molecule has 0 aliphatic rings. The minimum atomic E-state index is 0.00471. The first-order valence-corrected chi connectivity index (χ1v) is 10.9. The average Bonchev–Trinajstić information content (AvgIpc) is 3.42. The van der Waals surface area contributed by atoms with Gasteiger partial charge in [-0.3, -0.25) is 9.48 Å². The van der Waals surface area contributed by atoms with Crippen LogP contribution >= 0.6 is 23.2 Å². The quantitative estimate of drug-likeness (QED) is 0.343. The summed E-state index contributed by atoms with van der Waals surface area (Å²) in [6, 6.07) is 15.3. The van der Waals surface area contributed by atoms with E-state index in [1.54, 1.807) is 42.5 Å². The van der Waals surface area contributed by atoms with Crippen molar-refractivity contribution in [1.29, 1.82) is 0 Å². The lowest BCUT2D eigenvalue weighted by Crippen LogP contribution is -2.26. The predicted molar refractivity (Wildman–Crippen MR) is 125 cm³/mol. The molecule has 4 rings (SSSR count). The largest absolute Gasteiger partial charge is 0.441 e. The van der Waals surface area contributed by atoms with Crippen molar-refractivity contribution < 1.29 is 9.21 Å². The summed E-state index contributed by atoms with van der Waals surface area (Å²) in [7, 11) is 1.78. The molecule has 0 fully saturated rings. The number of hydrogen-bond donors (Lipinski definition) is 0. The van der Waals surface area contributed by atoms with Crippen LogP contribution in [0.1, 0.15) is 23.4 Å². The first-order chi connectivity index (χ1) is 15.5. The SMILES string of the molecule is CN(Cc1cnn(Cc2ccccc2)c1)C(=O)CCc1ncc(-c2ccc(Cl)cc2Cl)o1. The predicted octanol–water partition coefficient (Wildman–Crippen LogP) is 5.48. The summed E-state index contributed by atoms with van der Waals surface area (Å²) in [5, 5.41) is 5.44. The molecular formula is C24H22Cl2N4O2. The van der Waals surface area contributed by atoms with Gasteiger partial charge in [-0.05, 0) is 23.8 Å². The number of hydrogen-bond acceptors (Lipinski definition) is 4. The maximum absolute atomic E-state index is 12.6. The van der Waals surface area contributed by atoms with Crippen LogP contribution in [0.4, 0.5) is 0 Å². The number of amides is 1. The van der Waals surface area contributed by atoms with E-state index < -0.39 is 0 Å². The highest BCUT2D eigenvalue weighted by Gasteiger charge is 2.14. The Hall–Kier alpha value is -3.09. The molecule has 0 saturated carbocycles.